The normalized spacial score (nSPS) is 11.5. The lowest BCUT2D eigenvalue weighted by Gasteiger charge is -2.10. The minimum absolute atomic E-state index is 0.149. The molecule has 0 atom stereocenters. The summed E-state index contributed by atoms with van der Waals surface area (Å²) in [6.45, 7) is 5.07. The van der Waals surface area contributed by atoms with Gasteiger partial charge >= 0.3 is 0 Å². The molecule has 7 nitrogen and oxygen atoms in total. The van der Waals surface area contributed by atoms with Crippen LogP contribution in [0.2, 0.25) is 5.02 Å². The minimum atomic E-state index is -0.149. The molecule has 0 saturated heterocycles. The zero-order valence-electron chi connectivity index (χ0n) is 18.1. The fraction of sp³-hybridized carbons (Fsp3) is 0.409. The topological polar surface area (TPSA) is 78.0 Å². The van der Waals surface area contributed by atoms with Gasteiger partial charge in [0.1, 0.15) is 5.01 Å². The third-order valence-corrected chi connectivity index (χ3v) is 7.35. The molecule has 10 heteroatoms. The minimum Gasteiger partial charge on any atom is -0.302 e. The number of halogens is 1. The Balaban J connectivity index is 1.57. The molecule has 0 aliphatic carbocycles. The molecule has 0 radical (unpaired) electrons. The summed E-state index contributed by atoms with van der Waals surface area (Å²) in [7, 11) is 0. The largest absolute Gasteiger partial charge is 0.302 e. The van der Waals surface area contributed by atoms with Crippen molar-refractivity contribution in [2.24, 2.45) is 0 Å². The van der Waals surface area contributed by atoms with Crippen LogP contribution in [0, 0.1) is 0 Å². The summed E-state index contributed by atoms with van der Waals surface area (Å²) in [5, 5.41) is 15.7. The van der Waals surface area contributed by atoms with E-state index in [4.69, 9.17) is 11.6 Å². The number of aryl methyl sites for hydroxylation is 1. The summed E-state index contributed by atoms with van der Waals surface area (Å²) in [5.74, 6) is 1.37. The smallest absolute Gasteiger partial charge is 0.275 e. The monoisotopic (exact) mass is 488 g/mol. The van der Waals surface area contributed by atoms with Gasteiger partial charge < -0.3 is 4.57 Å². The van der Waals surface area contributed by atoms with Crippen molar-refractivity contribution >= 4 is 39.7 Å². The third kappa shape index (κ3) is 5.22. The van der Waals surface area contributed by atoms with Crippen molar-refractivity contribution < 1.29 is 0 Å². The van der Waals surface area contributed by atoms with Gasteiger partial charge in [0.05, 0.1) is 5.69 Å². The lowest BCUT2D eigenvalue weighted by molar-refractivity contribution is 0.556. The molecule has 0 N–H and O–H groups in total. The maximum atomic E-state index is 12.4. The SMILES string of the molecule is CCCCCCn1c(SCc2cc(=O)n3nc(CC)sc3n2)nnc1-c1ccc(Cl)cc1. The van der Waals surface area contributed by atoms with E-state index in [-0.39, 0.29) is 5.56 Å². The van der Waals surface area contributed by atoms with Crippen molar-refractivity contribution in [3.8, 4) is 11.4 Å². The van der Waals surface area contributed by atoms with Crippen molar-refractivity contribution in [2.75, 3.05) is 0 Å². The molecular formula is C22H25ClN6OS2. The molecule has 1 aromatic carbocycles. The molecule has 0 aliphatic rings. The van der Waals surface area contributed by atoms with Crippen molar-refractivity contribution in [1.29, 1.82) is 0 Å². The van der Waals surface area contributed by atoms with Crippen molar-refractivity contribution in [3.63, 3.8) is 0 Å². The Kier molecular flexibility index (Phi) is 7.59. The van der Waals surface area contributed by atoms with Crippen LogP contribution in [0.15, 0.2) is 40.3 Å². The molecule has 3 heterocycles. The van der Waals surface area contributed by atoms with Crippen LogP contribution >= 0.6 is 34.7 Å². The number of rotatable bonds is 10. The van der Waals surface area contributed by atoms with Crippen LogP contribution in [-0.2, 0) is 18.7 Å². The van der Waals surface area contributed by atoms with E-state index in [1.165, 1.54) is 35.1 Å². The van der Waals surface area contributed by atoms with E-state index in [2.05, 4.69) is 31.8 Å². The van der Waals surface area contributed by atoms with Crippen molar-refractivity contribution in [3.05, 3.63) is 56.4 Å². The lowest BCUT2D eigenvalue weighted by atomic mass is 10.2. The summed E-state index contributed by atoms with van der Waals surface area (Å²) in [6, 6.07) is 9.23. The molecule has 0 aliphatic heterocycles. The van der Waals surface area contributed by atoms with Crippen LogP contribution in [0.5, 0.6) is 0 Å². The highest BCUT2D eigenvalue weighted by atomic mass is 35.5. The molecule has 3 aromatic heterocycles. The fourth-order valence-electron chi connectivity index (χ4n) is 3.36. The molecule has 4 rings (SSSR count). The number of hydrogen-bond acceptors (Lipinski definition) is 7. The summed E-state index contributed by atoms with van der Waals surface area (Å²) in [5.41, 5.74) is 1.56. The predicted octanol–water partition coefficient (Wildman–Crippen LogP) is 5.50. The Labute approximate surface area is 199 Å². The summed E-state index contributed by atoms with van der Waals surface area (Å²) >= 11 is 9.07. The van der Waals surface area contributed by atoms with Crippen molar-refractivity contribution in [2.45, 2.75) is 63.4 Å². The van der Waals surface area contributed by atoms with E-state index < -0.39 is 0 Å². The summed E-state index contributed by atoms with van der Waals surface area (Å²) in [6.07, 6.45) is 5.41. The zero-order chi connectivity index (χ0) is 22.5. The number of thioether (sulfide) groups is 1. The number of aromatic nitrogens is 6. The number of benzene rings is 1. The van der Waals surface area contributed by atoms with Crippen LogP contribution in [-0.4, -0.2) is 29.4 Å². The van der Waals surface area contributed by atoms with Gasteiger partial charge in [-0.05, 0) is 37.1 Å². The molecule has 4 aromatic rings. The van der Waals surface area contributed by atoms with Crippen LogP contribution < -0.4 is 5.56 Å². The molecule has 0 spiro atoms. The second-order valence-corrected chi connectivity index (χ2v) is 9.86. The van der Waals surface area contributed by atoms with E-state index in [0.29, 0.717) is 15.7 Å². The van der Waals surface area contributed by atoms with Gasteiger partial charge in [-0.25, -0.2) is 4.98 Å². The van der Waals surface area contributed by atoms with Gasteiger partial charge in [-0.15, -0.1) is 10.2 Å². The highest BCUT2D eigenvalue weighted by molar-refractivity contribution is 7.98. The number of hydrogen-bond donors (Lipinski definition) is 0. The second kappa shape index (κ2) is 10.6. The molecule has 32 heavy (non-hydrogen) atoms. The van der Waals surface area contributed by atoms with E-state index in [9.17, 15) is 4.79 Å². The standard InChI is InChI=1S/C22H25ClN6OS2/c1-3-5-6-7-12-28-20(15-8-10-16(23)11-9-15)25-26-22(28)31-14-17-13-19(30)29-21(24-17)32-18(4-2)27-29/h8-11,13H,3-7,12,14H2,1-2H3. The molecule has 168 valence electrons. The van der Waals surface area contributed by atoms with E-state index in [1.807, 2.05) is 31.2 Å². The third-order valence-electron chi connectivity index (χ3n) is 5.05. The molecular weight excluding hydrogens is 464 g/mol. The Morgan fingerprint density at radius 3 is 2.66 bits per heavy atom. The van der Waals surface area contributed by atoms with Gasteiger partial charge in [-0.3, -0.25) is 4.79 Å². The first kappa shape index (κ1) is 22.9. The molecule has 0 bridgehead atoms. The van der Waals surface area contributed by atoms with Crippen LogP contribution in [0.25, 0.3) is 16.3 Å². The summed E-state index contributed by atoms with van der Waals surface area (Å²) < 4.78 is 3.55. The number of fused-ring (bicyclic) bond motifs is 1. The highest BCUT2D eigenvalue weighted by Crippen LogP contribution is 2.27. The first-order valence-corrected chi connectivity index (χ1v) is 13.0. The average molecular weight is 489 g/mol. The maximum Gasteiger partial charge on any atom is 0.275 e. The number of unbranched alkanes of at least 4 members (excludes halogenated alkanes) is 3. The quantitative estimate of drug-likeness (QED) is 0.217. The lowest BCUT2D eigenvalue weighted by Crippen LogP contribution is -2.15. The Morgan fingerprint density at radius 1 is 1.09 bits per heavy atom. The first-order valence-electron chi connectivity index (χ1n) is 10.8. The molecule has 0 fully saturated rings. The van der Waals surface area contributed by atoms with E-state index >= 15 is 0 Å². The predicted molar refractivity (Wildman–Crippen MR) is 131 cm³/mol. The van der Waals surface area contributed by atoms with Gasteiger partial charge in [0, 0.05) is 29.0 Å². The summed E-state index contributed by atoms with van der Waals surface area (Å²) in [4.78, 5) is 17.7. The second-order valence-electron chi connectivity index (χ2n) is 7.44. The maximum absolute atomic E-state index is 12.4. The molecule has 0 saturated carbocycles. The Morgan fingerprint density at radius 2 is 1.91 bits per heavy atom. The molecule has 0 unspecified atom stereocenters. The zero-order valence-corrected chi connectivity index (χ0v) is 20.5. The van der Waals surface area contributed by atoms with E-state index in [0.717, 1.165) is 46.6 Å². The Hall–Kier alpha value is -2.23. The molecule has 0 amide bonds. The fourth-order valence-corrected chi connectivity index (χ4v) is 5.20. The van der Waals surface area contributed by atoms with Crippen LogP contribution in [0.4, 0.5) is 0 Å². The first-order chi connectivity index (χ1) is 15.6. The van der Waals surface area contributed by atoms with Crippen molar-refractivity contribution in [1.82, 2.24) is 29.4 Å². The van der Waals surface area contributed by atoms with E-state index in [1.54, 1.807) is 17.8 Å². The van der Waals surface area contributed by atoms with Crippen LogP contribution in [0.3, 0.4) is 0 Å². The van der Waals surface area contributed by atoms with Gasteiger partial charge in [0.15, 0.2) is 11.0 Å². The van der Waals surface area contributed by atoms with Gasteiger partial charge in [0.2, 0.25) is 4.96 Å². The highest BCUT2D eigenvalue weighted by Gasteiger charge is 2.16. The van der Waals surface area contributed by atoms with Crippen LogP contribution in [0.1, 0.15) is 50.2 Å². The average Bonchev–Trinajstić information content (AvgIpc) is 3.40. The van der Waals surface area contributed by atoms with Gasteiger partial charge in [-0.1, -0.05) is 67.8 Å². The van der Waals surface area contributed by atoms with Gasteiger partial charge in [-0.2, -0.15) is 9.61 Å². The Bertz CT molecular complexity index is 1250. The van der Waals surface area contributed by atoms with Gasteiger partial charge in [0.25, 0.3) is 5.56 Å². The number of nitrogens with zero attached hydrogens (tertiary/aromatic N) is 6.